The summed E-state index contributed by atoms with van der Waals surface area (Å²) in [6, 6.07) is 15.2. The zero-order valence-electron chi connectivity index (χ0n) is 18.8. The molecule has 0 heterocycles. The number of aromatic hydroxyl groups is 1. The van der Waals surface area contributed by atoms with E-state index in [-0.39, 0.29) is 17.1 Å². The van der Waals surface area contributed by atoms with Gasteiger partial charge >= 0.3 is 0 Å². The molecule has 2 aromatic rings. The van der Waals surface area contributed by atoms with Gasteiger partial charge in [0.25, 0.3) is 0 Å². The van der Waals surface area contributed by atoms with E-state index in [1.807, 2.05) is 48.5 Å². The number of aryl methyl sites for hydroxylation is 1. The van der Waals surface area contributed by atoms with Crippen molar-refractivity contribution in [1.29, 1.82) is 0 Å². The number of benzene rings is 2. The Morgan fingerprint density at radius 3 is 2.67 bits per heavy atom. The van der Waals surface area contributed by atoms with E-state index in [2.05, 4.69) is 6.92 Å². The van der Waals surface area contributed by atoms with Crippen molar-refractivity contribution in [2.45, 2.75) is 56.2 Å². The monoisotopic (exact) mass is 448 g/mol. The molecule has 5 rings (SSSR count). The molecule has 0 aliphatic heterocycles. The van der Waals surface area contributed by atoms with Crippen molar-refractivity contribution < 1.29 is 19.0 Å². The molecule has 0 saturated heterocycles. The molecule has 3 aliphatic carbocycles. The van der Waals surface area contributed by atoms with Crippen molar-refractivity contribution in [3.05, 3.63) is 94.8 Å². The first-order valence-electron chi connectivity index (χ1n) is 11.9. The normalized spacial score (nSPS) is 34.5. The van der Waals surface area contributed by atoms with Gasteiger partial charge in [-0.2, -0.15) is 0 Å². The van der Waals surface area contributed by atoms with E-state index in [0.29, 0.717) is 18.4 Å². The summed E-state index contributed by atoms with van der Waals surface area (Å²) in [5.41, 5.74) is 2.05. The van der Waals surface area contributed by atoms with Crippen LogP contribution in [0.2, 0.25) is 0 Å². The number of phenols is 1. The highest BCUT2D eigenvalue weighted by Gasteiger charge is 2.57. The van der Waals surface area contributed by atoms with E-state index < -0.39 is 23.5 Å². The second-order valence-corrected chi connectivity index (χ2v) is 9.83. The summed E-state index contributed by atoms with van der Waals surface area (Å²) in [5, 5.41) is 22.2. The van der Waals surface area contributed by atoms with E-state index in [1.54, 1.807) is 6.07 Å². The van der Waals surface area contributed by atoms with Crippen molar-refractivity contribution >= 4 is 6.08 Å². The molecule has 1 fully saturated rings. The minimum atomic E-state index is -1.61. The van der Waals surface area contributed by atoms with Crippen molar-refractivity contribution in [3.63, 3.8) is 0 Å². The summed E-state index contributed by atoms with van der Waals surface area (Å²) in [5.74, 6) is -1.50. The maximum atomic E-state index is 15.1. The Bertz CT molecular complexity index is 1140. The van der Waals surface area contributed by atoms with E-state index in [4.69, 9.17) is 0 Å². The lowest BCUT2D eigenvalue weighted by atomic mass is 9.50. The lowest BCUT2D eigenvalue weighted by Gasteiger charge is -2.56. The molecule has 0 radical (unpaired) electrons. The van der Waals surface area contributed by atoms with E-state index in [9.17, 15) is 10.2 Å². The van der Waals surface area contributed by atoms with Gasteiger partial charge in [-0.3, -0.25) is 0 Å². The summed E-state index contributed by atoms with van der Waals surface area (Å²) >= 11 is 0. The number of alkyl halides is 1. The molecule has 2 aromatic carbocycles. The lowest BCUT2D eigenvalue weighted by Crippen LogP contribution is -2.56. The van der Waals surface area contributed by atoms with Crippen LogP contribution in [0.5, 0.6) is 5.75 Å². The standard InChI is InChI=1S/C29H30F2O2/c1-2-28-17-22(15-19-7-4-3-5-8-19)29(33,27-25(30)9-6-10-26(27)31)18-21(28)12-11-20-16-23(32)13-14-24(20)28/h3-10,13-16,21,25,27,32-33H,2,11-12,17-18H2,1H3/b22-15+/t21?,25?,27?,28-,29+/m1/s1. The van der Waals surface area contributed by atoms with Gasteiger partial charge in [-0.15, -0.1) is 0 Å². The SMILES string of the molecule is CC[C@@]12C/C(=C\c3ccccc3)[C@](O)(C3C(F)=CC=CC3F)CC1CCc1cc(O)ccc12. The summed E-state index contributed by atoms with van der Waals surface area (Å²) in [7, 11) is 0. The Hall–Kier alpha value is -2.72. The van der Waals surface area contributed by atoms with Crippen molar-refractivity contribution in [2.75, 3.05) is 0 Å². The average Bonchev–Trinajstić information content (AvgIpc) is 2.80. The fourth-order valence-electron chi connectivity index (χ4n) is 6.60. The van der Waals surface area contributed by atoms with Gasteiger partial charge in [0.2, 0.25) is 0 Å². The first-order chi connectivity index (χ1) is 15.9. The Kier molecular flexibility index (Phi) is 5.52. The van der Waals surface area contributed by atoms with Crippen LogP contribution in [0.3, 0.4) is 0 Å². The number of hydrogen-bond acceptors (Lipinski definition) is 2. The van der Waals surface area contributed by atoms with Gasteiger partial charge in [-0.25, -0.2) is 8.78 Å². The van der Waals surface area contributed by atoms with Crippen molar-refractivity contribution in [1.82, 2.24) is 0 Å². The second-order valence-electron chi connectivity index (χ2n) is 9.83. The molecule has 0 aromatic heterocycles. The lowest BCUT2D eigenvalue weighted by molar-refractivity contribution is -0.0582. The van der Waals surface area contributed by atoms with Crippen molar-refractivity contribution in [2.24, 2.45) is 11.8 Å². The zero-order chi connectivity index (χ0) is 23.2. The second kappa shape index (κ2) is 8.25. The highest BCUT2D eigenvalue weighted by atomic mass is 19.1. The summed E-state index contributed by atoms with van der Waals surface area (Å²) < 4.78 is 30.2. The van der Waals surface area contributed by atoms with Crippen LogP contribution in [0.15, 0.2) is 78.2 Å². The molecule has 0 amide bonds. The predicted octanol–water partition coefficient (Wildman–Crippen LogP) is 6.59. The largest absolute Gasteiger partial charge is 0.508 e. The molecular weight excluding hydrogens is 418 g/mol. The molecule has 3 aliphatic rings. The highest BCUT2D eigenvalue weighted by molar-refractivity contribution is 5.59. The maximum absolute atomic E-state index is 15.1. The summed E-state index contributed by atoms with van der Waals surface area (Å²) in [6.45, 7) is 2.15. The quantitative estimate of drug-likeness (QED) is 0.556. The van der Waals surface area contributed by atoms with E-state index in [1.165, 1.54) is 23.8 Å². The van der Waals surface area contributed by atoms with Gasteiger partial charge in [-0.05, 0) is 84.6 Å². The fraction of sp³-hybridized carbons (Fsp3) is 0.379. The molecule has 2 nitrogen and oxygen atoms in total. The molecule has 172 valence electrons. The Morgan fingerprint density at radius 1 is 1.15 bits per heavy atom. The number of halogens is 2. The van der Waals surface area contributed by atoms with Crippen LogP contribution in [-0.2, 0) is 11.8 Å². The number of rotatable bonds is 3. The number of hydrogen-bond donors (Lipinski definition) is 2. The number of allylic oxidation sites excluding steroid dienone is 3. The number of aliphatic hydroxyl groups is 1. The third kappa shape index (κ3) is 3.56. The van der Waals surface area contributed by atoms with Gasteiger partial charge < -0.3 is 10.2 Å². The third-order valence-electron chi connectivity index (χ3n) is 8.24. The molecule has 33 heavy (non-hydrogen) atoms. The van der Waals surface area contributed by atoms with Gasteiger partial charge in [0, 0.05) is 5.41 Å². The smallest absolute Gasteiger partial charge is 0.131 e. The van der Waals surface area contributed by atoms with Gasteiger partial charge in [0.1, 0.15) is 17.7 Å². The molecule has 1 saturated carbocycles. The Balaban J connectivity index is 1.67. The first-order valence-corrected chi connectivity index (χ1v) is 11.9. The molecule has 2 N–H and O–H groups in total. The van der Waals surface area contributed by atoms with Crippen LogP contribution < -0.4 is 0 Å². The third-order valence-corrected chi connectivity index (χ3v) is 8.24. The predicted molar refractivity (Wildman–Crippen MR) is 127 cm³/mol. The number of phenolic OH excluding ortho intramolecular Hbond substituents is 1. The Labute approximate surface area is 194 Å². The van der Waals surface area contributed by atoms with Crippen LogP contribution in [0.1, 0.15) is 49.3 Å². The van der Waals surface area contributed by atoms with Crippen LogP contribution in [-0.4, -0.2) is 22.0 Å². The van der Waals surface area contributed by atoms with Gasteiger partial charge in [-0.1, -0.05) is 55.5 Å². The molecular formula is C29H30F2O2. The van der Waals surface area contributed by atoms with Gasteiger partial charge in [0.05, 0.1) is 11.5 Å². The van der Waals surface area contributed by atoms with Crippen LogP contribution in [0, 0.1) is 11.8 Å². The minimum Gasteiger partial charge on any atom is -0.508 e. The maximum Gasteiger partial charge on any atom is 0.131 e. The Morgan fingerprint density at radius 2 is 1.94 bits per heavy atom. The fourth-order valence-corrected chi connectivity index (χ4v) is 6.60. The summed E-state index contributed by atoms with van der Waals surface area (Å²) in [4.78, 5) is 0. The van der Waals surface area contributed by atoms with Crippen LogP contribution in [0.25, 0.3) is 6.08 Å². The van der Waals surface area contributed by atoms with Crippen LogP contribution >= 0.6 is 0 Å². The molecule has 0 spiro atoms. The molecule has 3 unspecified atom stereocenters. The van der Waals surface area contributed by atoms with Gasteiger partial charge in [0.15, 0.2) is 0 Å². The van der Waals surface area contributed by atoms with Crippen molar-refractivity contribution in [3.8, 4) is 5.75 Å². The summed E-state index contributed by atoms with van der Waals surface area (Å²) in [6.07, 6.45) is 7.63. The van der Waals surface area contributed by atoms with E-state index >= 15 is 8.78 Å². The topological polar surface area (TPSA) is 40.5 Å². The molecule has 5 atom stereocenters. The minimum absolute atomic E-state index is 0.0865. The average molecular weight is 449 g/mol. The highest BCUT2D eigenvalue weighted by Crippen LogP contribution is 2.59. The molecule has 0 bridgehead atoms. The van der Waals surface area contributed by atoms with E-state index in [0.717, 1.165) is 30.4 Å². The zero-order valence-corrected chi connectivity index (χ0v) is 18.8. The van der Waals surface area contributed by atoms with Crippen LogP contribution in [0.4, 0.5) is 8.78 Å². The first kappa shape index (κ1) is 22.1. The number of fused-ring (bicyclic) bond motifs is 3. The molecule has 4 heteroatoms.